The Kier molecular flexibility index (Phi) is 5.68. The Morgan fingerprint density at radius 1 is 1.15 bits per heavy atom. The van der Waals surface area contributed by atoms with Gasteiger partial charge in [-0.25, -0.2) is 4.79 Å². The normalized spacial score (nSPS) is 16.8. The number of likely N-dealkylation sites (tertiary alicyclic amines) is 1. The molecule has 0 bridgehead atoms. The number of rotatable bonds is 5. The summed E-state index contributed by atoms with van der Waals surface area (Å²) in [4.78, 5) is 40.9. The predicted octanol–water partition coefficient (Wildman–Crippen LogP) is 2.68. The van der Waals surface area contributed by atoms with E-state index in [-0.39, 0.29) is 25.0 Å². The highest BCUT2D eigenvalue weighted by molar-refractivity contribution is 5.96. The number of amides is 2. The van der Waals surface area contributed by atoms with E-state index in [0.717, 1.165) is 0 Å². The number of anilines is 1. The molecule has 1 aliphatic rings. The maximum atomic E-state index is 12.4. The molecular weight excluding hydrogens is 334 g/mol. The van der Waals surface area contributed by atoms with Crippen LogP contribution in [0.2, 0.25) is 0 Å². The smallest absolute Gasteiger partial charge is 0.321 e. The fourth-order valence-electron chi connectivity index (χ4n) is 2.91. The van der Waals surface area contributed by atoms with Gasteiger partial charge in [0, 0.05) is 25.0 Å². The van der Waals surface area contributed by atoms with Crippen LogP contribution in [0.25, 0.3) is 0 Å². The Hall–Kier alpha value is -3.09. The van der Waals surface area contributed by atoms with Gasteiger partial charge in [0.05, 0.1) is 11.6 Å². The summed E-state index contributed by atoms with van der Waals surface area (Å²) in [7, 11) is 0. The van der Waals surface area contributed by atoms with Crippen molar-refractivity contribution in [2.45, 2.75) is 12.8 Å². The molecule has 2 aromatic rings. The molecule has 136 valence electrons. The summed E-state index contributed by atoms with van der Waals surface area (Å²) in [5.74, 6) is -1.14. The lowest BCUT2D eigenvalue weighted by atomic mass is 9.98. The van der Waals surface area contributed by atoms with Gasteiger partial charge in [-0.05, 0) is 37.1 Å². The number of H-pyrrole nitrogens is 1. The van der Waals surface area contributed by atoms with Crippen LogP contribution in [0.3, 0.4) is 0 Å². The van der Waals surface area contributed by atoms with Crippen molar-refractivity contribution < 1.29 is 19.1 Å². The first-order chi connectivity index (χ1) is 12.6. The van der Waals surface area contributed by atoms with E-state index in [0.29, 0.717) is 30.8 Å². The molecule has 3 rings (SSSR count). The zero-order valence-electron chi connectivity index (χ0n) is 14.3. The Morgan fingerprint density at radius 2 is 1.96 bits per heavy atom. The van der Waals surface area contributed by atoms with Crippen LogP contribution in [0, 0.1) is 5.92 Å². The predicted molar refractivity (Wildman–Crippen MR) is 95.8 cm³/mol. The zero-order valence-corrected chi connectivity index (χ0v) is 14.3. The molecule has 1 fully saturated rings. The van der Waals surface area contributed by atoms with Crippen molar-refractivity contribution >= 4 is 23.5 Å². The lowest BCUT2D eigenvalue weighted by Gasteiger charge is -2.31. The molecule has 2 heterocycles. The van der Waals surface area contributed by atoms with Gasteiger partial charge in [-0.1, -0.05) is 18.2 Å². The number of carbonyl (C=O) groups is 3. The third-order valence-electron chi connectivity index (χ3n) is 4.31. The Balaban J connectivity index is 1.50. The molecule has 1 aromatic carbocycles. The molecule has 1 unspecified atom stereocenters. The number of Topliss-reactive ketones (excluding diaryl/α,β-unsaturated/α-hetero) is 1. The second-order valence-corrected chi connectivity index (χ2v) is 6.20. The number of esters is 1. The molecule has 1 aliphatic heterocycles. The number of carbonyl (C=O) groups excluding carboxylic acids is 3. The number of ether oxygens (including phenoxy) is 1. The first-order valence-corrected chi connectivity index (χ1v) is 8.57. The SMILES string of the molecule is O=C(COC(=O)C1CCCN(C(=O)Nc2ccccc2)C1)c1ccc[nH]1. The monoisotopic (exact) mass is 355 g/mol. The van der Waals surface area contributed by atoms with Gasteiger partial charge in [0.15, 0.2) is 6.61 Å². The number of piperidine rings is 1. The highest BCUT2D eigenvalue weighted by Crippen LogP contribution is 2.19. The summed E-state index contributed by atoms with van der Waals surface area (Å²) in [6.07, 6.45) is 3.00. The summed E-state index contributed by atoms with van der Waals surface area (Å²) in [5, 5.41) is 2.82. The molecule has 0 aliphatic carbocycles. The molecule has 7 heteroatoms. The molecule has 2 N–H and O–H groups in total. The minimum atomic E-state index is -0.442. The van der Waals surface area contributed by atoms with Crippen LogP contribution >= 0.6 is 0 Å². The fraction of sp³-hybridized carbons (Fsp3) is 0.316. The van der Waals surface area contributed by atoms with Crippen molar-refractivity contribution in [3.8, 4) is 0 Å². The largest absolute Gasteiger partial charge is 0.457 e. The van der Waals surface area contributed by atoms with E-state index in [9.17, 15) is 14.4 Å². The van der Waals surface area contributed by atoms with Crippen molar-refractivity contribution in [3.63, 3.8) is 0 Å². The third kappa shape index (κ3) is 4.50. The summed E-state index contributed by atoms with van der Waals surface area (Å²) < 4.78 is 5.15. The fourth-order valence-corrected chi connectivity index (χ4v) is 2.91. The van der Waals surface area contributed by atoms with Crippen LogP contribution < -0.4 is 5.32 Å². The number of aromatic amines is 1. The summed E-state index contributed by atoms with van der Waals surface area (Å²) in [6.45, 7) is 0.574. The number of hydrogen-bond donors (Lipinski definition) is 2. The number of para-hydroxylation sites is 1. The van der Waals surface area contributed by atoms with E-state index in [1.165, 1.54) is 0 Å². The maximum absolute atomic E-state index is 12.4. The van der Waals surface area contributed by atoms with Crippen molar-refractivity contribution in [2.24, 2.45) is 5.92 Å². The minimum Gasteiger partial charge on any atom is -0.457 e. The van der Waals surface area contributed by atoms with Gasteiger partial charge < -0.3 is 19.9 Å². The number of benzene rings is 1. The molecule has 1 aromatic heterocycles. The van der Waals surface area contributed by atoms with Gasteiger partial charge in [-0.2, -0.15) is 0 Å². The molecule has 0 radical (unpaired) electrons. The molecule has 0 saturated carbocycles. The van der Waals surface area contributed by atoms with Crippen molar-refractivity contribution in [1.29, 1.82) is 0 Å². The van der Waals surface area contributed by atoms with E-state index in [1.54, 1.807) is 35.4 Å². The number of aromatic nitrogens is 1. The van der Waals surface area contributed by atoms with Crippen LogP contribution in [-0.2, 0) is 9.53 Å². The van der Waals surface area contributed by atoms with Crippen LogP contribution in [0.5, 0.6) is 0 Å². The summed E-state index contributed by atoms with van der Waals surface area (Å²) in [6, 6.07) is 12.3. The van der Waals surface area contributed by atoms with E-state index >= 15 is 0 Å². The quantitative estimate of drug-likeness (QED) is 0.637. The zero-order chi connectivity index (χ0) is 18.4. The van der Waals surface area contributed by atoms with Gasteiger partial charge in [0.1, 0.15) is 0 Å². The molecule has 0 spiro atoms. The molecule has 2 amide bonds. The van der Waals surface area contributed by atoms with Gasteiger partial charge in [0.25, 0.3) is 0 Å². The van der Waals surface area contributed by atoms with Gasteiger partial charge in [0.2, 0.25) is 5.78 Å². The average Bonchev–Trinajstić information content (AvgIpc) is 3.21. The van der Waals surface area contributed by atoms with Crippen molar-refractivity contribution in [1.82, 2.24) is 9.88 Å². The van der Waals surface area contributed by atoms with Crippen LogP contribution in [-0.4, -0.2) is 47.4 Å². The lowest BCUT2D eigenvalue weighted by molar-refractivity contribution is -0.148. The van der Waals surface area contributed by atoms with Crippen LogP contribution in [0.15, 0.2) is 48.7 Å². The number of ketones is 1. The standard InChI is InChI=1S/C19H21N3O4/c23-17(16-9-4-10-20-16)13-26-18(24)14-6-5-11-22(12-14)19(25)21-15-7-2-1-3-8-15/h1-4,7-10,14,20H,5-6,11-13H2,(H,21,25). The first kappa shape index (κ1) is 17.7. The van der Waals surface area contributed by atoms with Crippen molar-refractivity contribution in [3.05, 3.63) is 54.4 Å². The Morgan fingerprint density at radius 3 is 2.69 bits per heavy atom. The number of nitrogens with one attached hydrogen (secondary N) is 2. The van der Waals surface area contributed by atoms with Gasteiger partial charge >= 0.3 is 12.0 Å². The minimum absolute atomic E-state index is 0.240. The second-order valence-electron chi connectivity index (χ2n) is 6.20. The lowest BCUT2D eigenvalue weighted by Crippen LogP contribution is -2.44. The topological polar surface area (TPSA) is 91.5 Å². The van der Waals surface area contributed by atoms with E-state index in [2.05, 4.69) is 10.3 Å². The van der Waals surface area contributed by atoms with E-state index < -0.39 is 11.9 Å². The second kappa shape index (κ2) is 8.33. The van der Waals surface area contributed by atoms with Crippen LogP contribution in [0.1, 0.15) is 23.3 Å². The summed E-state index contributed by atoms with van der Waals surface area (Å²) >= 11 is 0. The highest BCUT2D eigenvalue weighted by Gasteiger charge is 2.30. The molecule has 7 nitrogen and oxygen atoms in total. The number of hydrogen-bond acceptors (Lipinski definition) is 4. The first-order valence-electron chi connectivity index (χ1n) is 8.57. The summed E-state index contributed by atoms with van der Waals surface area (Å²) in [5.41, 5.74) is 1.11. The maximum Gasteiger partial charge on any atom is 0.321 e. The Labute approximate surface area is 151 Å². The Bertz CT molecular complexity index is 758. The van der Waals surface area contributed by atoms with Crippen molar-refractivity contribution in [2.75, 3.05) is 25.0 Å². The molecular formula is C19H21N3O4. The number of urea groups is 1. The van der Waals surface area contributed by atoms with Crippen LogP contribution in [0.4, 0.5) is 10.5 Å². The van der Waals surface area contributed by atoms with Gasteiger partial charge in [-0.15, -0.1) is 0 Å². The van der Waals surface area contributed by atoms with E-state index in [1.807, 2.05) is 18.2 Å². The average molecular weight is 355 g/mol. The highest BCUT2D eigenvalue weighted by atomic mass is 16.5. The van der Waals surface area contributed by atoms with E-state index in [4.69, 9.17) is 4.74 Å². The number of nitrogens with zero attached hydrogens (tertiary/aromatic N) is 1. The molecule has 1 saturated heterocycles. The van der Waals surface area contributed by atoms with Gasteiger partial charge in [-0.3, -0.25) is 9.59 Å². The molecule has 26 heavy (non-hydrogen) atoms. The molecule has 1 atom stereocenters. The third-order valence-corrected chi connectivity index (χ3v) is 4.31.